The zero-order valence-corrected chi connectivity index (χ0v) is 23.3. The average molecular weight is 507 g/mol. The molecule has 6 rings (SSSR count). The number of benzene rings is 3. The van der Waals surface area contributed by atoms with Crippen LogP contribution in [0.5, 0.6) is 5.75 Å². The van der Waals surface area contributed by atoms with Crippen molar-refractivity contribution in [2.75, 3.05) is 13.9 Å². The summed E-state index contributed by atoms with van der Waals surface area (Å²) >= 11 is 0. The van der Waals surface area contributed by atoms with Crippen molar-refractivity contribution in [3.05, 3.63) is 106 Å². The molecular formula is C35H38O3. The number of hydrogen-bond donors (Lipinski definition) is 0. The molecule has 0 bridgehead atoms. The van der Waals surface area contributed by atoms with Crippen LogP contribution in [0.3, 0.4) is 0 Å². The van der Waals surface area contributed by atoms with E-state index in [0.29, 0.717) is 6.79 Å². The lowest BCUT2D eigenvalue weighted by atomic mass is 9.68. The minimum Gasteiger partial charge on any atom is -0.468 e. The highest BCUT2D eigenvalue weighted by Gasteiger charge is 2.32. The van der Waals surface area contributed by atoms with Crippen molar-refractivity contribution in [3.8, 4) is 5.75 Å². The molecule has 0 unspecified atom stereocenters. The third-order valence-electron chi connectivity index (χ3n) is 8.18. The van der Waals surface area contributed by atoms with E-state index in [9.17, 15) is 4.79 Å². The Morgan fingerprint density at radius 1 is 0.868 bits per heavy atom. The van der Waals surface area contributed by atoms with Gasteiger partial charge in [-0.05, 0) is 82.5 Å². The maximum Gasteiger partial charge on any atom is 0.188 e. The number of ether oxygens (including phenoxy) is 2. The molecule has 38 heavy (non-hydrogen) atoms. The Kier molecular flexibility index (Phi) is 7.15. The predicted molar refractivity (Wildman–Crippen MR) is 157 cm³/mol. The molecule has 3 heteroatoms. The number of carbonyl (C=O) groups excluding carboxylic acids is 1. The Labute approximate surface area is 226 Å². The SMILES string of the molecule is COCOc1ccc2c(c1)C(C)(C)C=CC2(C)C.O=Cc1ccc2ccc3c(c2c1)CCC1=C3C=CCC1. The third kappa shape index (κ3) is 5.00. The molecule has 3 aromatic rings. The molecule has 0 amide bonds. The first-order valence-corrected chi connectivity index (χ1v) is 13.6. The van der Waals surface area contributed by atoms with Crippen molar-refractivity contribution in [2.24, 2.45) is 0 Å². The summed E-state index contributed by atoms with van der Waals surface area (Å²) in [6, 6.07) is 16.8. The predicted octanol–water partition coefficient (Wildman–Crippen LogP) is 8.50. The van der Waals surface area contributed by atoms with Gasteiger partial charge in [-0.1, -0.05) is 87.9 Å². The first kappa shape index (κ1) is 26.2. The monoisotopic (exact) mass is 506 g/mol. The van der Waals surface area contributed by atoms with Crippen molar-refractivity contribution in [1.29, 1.82) is 0 Å². The van der Waals surface area contributed by atoms with Gasteiger partial charge in [0.15, 0.2) is 6.79 Å². The lowest BCUT2D eigenvalue weighted by Crippen LogP contribution is -2.28. The van der Waals surface area contributed by atoms with Gasteiger partial charge in [-0.15, -0.1) is 0 Å². The number of aryl methyl sites for hydroxylation is 1. The van der Waals surface area contributed by atoms with Crippen LogP contribution in [-0.4, -0.2) is 20.2 Å². The second-order valence-electron chi connectivity index (χ2n) is 11.7. The molecule has 3 nitrogen and oxygen atoms in total. The lowest BCUT2D eigenvalue weighted by molar-refractivity contribution is 0.0510. The maximum atomic E-state index is 11.0. The summed E-state index contributed by atoms with van der Waals surface area (Å²) in [6.45, 7) is 9.24. The van der Waals surface area contributed by atoms with Gasteiger partial charge in [0.2, 0.25) is 0 Å². The normalized spacial score (nSPS) is 18.1. The van der Waals surface area contributed by atoms with Crippen LogP contribution < -0.4 is 4.74 Å². The van der Waals surface area contributed by atoms with E-state index in [2.05, 4.69) is 82.3 Å². The van der Waals surface area contributed by atoms with Gasteiger partial charge >= 0.3 is 0 Å². The molecule has 0 saturated carbocycles. The van der Waals surface area contributed by atoms with Crippen molar-refractivity contribution in [3.63, 3.8) is 0 Å². The molecule has 3 aliphatic carbocycles. The van der Waals surface area contributed by atoms with Crippen molar-refractivity contribution in [2.45, 2.75) is 64.2 Å². The van der Waals surface area contributed by atoms with Crippen LogP contribution in [0.25, 0.3) is 16.3 Å². The molecule has 3 aromatic carbocycles. The van der Waals surface area contributed by atoms with E-state index in [1.807, 2.05) is 18.2 Å². The maximum absolute atomic E-state index is 11.0. The summed E-state index contributed by atoms with van der Waals surface area (Å²) in [5.74, 6) is 0.870. The van der Waals surface area contributed by atoms with Crippen LogP contribution in [-0.2, 0) is 22.0 Å². The summed E-state index contributed by atoms with van der Waals surface area (Å²) in [7, 11) is 1.63. The quantitative estimate of drug-likeness (QED) is 0.202. The molecule has 0 spiro atoms. The molecule has 0 saturated heterocycles. The molecule has 0 aromatic heterocycles. The van der Waals surface area contributed by atoms with Gasteiger partial charge in [-0.3, -0.25) is 4.79 Å². The highest BCUT2D eigenvalue weighted by atomic mass is 16.7. The van der Waals surface area contributed by atoms with Gasteiger partial charge in [0.1, 0.15) is 12.0 Å². The third-order valence-corrected chi connectivity index (χ3v) is 8.18. The van der Waals surface area contributed by atoms with Gasteiger partial charge in [-0.25, -0.2) is 0 Å². The second-order valence-corrected chi connectivity index (χ2v) is 11.7. The van der Waals surface area contributed by atoms with Crippen LogP contribution in [0.2, 0.25) is 0 Å². The Balaban J connectivity index is 0.000000156. The number of methoxy groups -OCH3 is 1. The van der Waals surface area contributed by atoms with E-state index >= 15 is 0 Å². The minimum absolute atomic E-state index is 0.0529. The van der Waals surface area contributed by atoms with Gasteiger partial charge in [0.05, 0.1) is 0 Å². The van der Waals surface area contributed by atoms with Crippen molar-refractivity contribution in [1.82, 2.24) is 0 Å². The molecule has 3 aliphatic rings. The highest BCUT2D eigenvalue weighted by Crippen LogP contribution is 2.42. The van der Waals surface area contributed by atoms with Gasteiger partial charge in [-0.2, -0.15) is 0 Å². The number of allylic oxidation sites excluding steroid dienone is 6. The Morgan fingerprint density at radius 2 is 1.63 bits per heavy atom. The summed E-state index contributed by atoms with van der Waals surface area (Å²) in [4.78, 5) is 11.0. The number of rotatable bonds is 4. The van der Waals surface area contributed by atoms with Crippen molar-refractivity contribution < 1.29 is 14.3 Å². The fourth-order valence-electron chi connectivity index (χ4n) is 5.95. The summed E-state index contributed by atoms with van der Waals surface area (Å²) < 4.78 is 10.5. The fraction of sp³-hybridized carbons (Fsp3) is 0.343. The summed E-state index contributed by atoms with van der Waals surface area (Å²) in [5, 5.41) is 2.48. The van der Waals surface area contributed by atoms with Crippen molar-refractivity contribution >= 4 is 22.6 Å². The zero-order valence-electron chi connectivity index (χ0n) is 23.3. The highest BCUT2D eigenvalue weighted by molar-refractivity contribution is 5.96. The molecule has 0 fully saturated rings. The van der Waals surface area contributed by atoms with E-state index < -0.39 is 0 Å². The Morgan fingerprint density at radius 3 is 2.39 bits per heavy atom. The Bertz CT molecular complexity index is 1470. The molecule has 0 heterocycles. The number of carbonyl (C=O) groups is 1. The molecule has 0 aliphatic heterocycles. The van der Waals surface area contributed by atoms with Gasteiger partial charge in [0, 0.05) is 23.5 Å². The molecule has 0 radical (unpaired) electrons. The first-order chi connectivity index (χ1) is 18.2. The summed E-state index contributed by atoms with van der Waals surface area (Å²) in [6.07, 6.45) is 14.7. The standard InChI is InChI=1S/C19H16O.C16H22O2/c20-12-13-5-6-15-8-9-17-16-4-2-1-3-14(16)7-10-18(17)19(15)11-13;1-15(2)8-9-16(3,4)14-10-12(18-11-17-5)6-7-13(14)15/h2,4-6,8-9,11-12H,1,3,7,10H2;6-10H,11H2,1-5H3. The minimum atomic E-state index is 0.0529. The van der Waals surface area contributed by atoms with E-state index in [0.717, 1.165) is 30.4 Å². The summed E-state index contributed by atoms with van der Waals surface area (Å²) in [5.41, 5.74) is 9.44. The molecule has 196 valence electrons. The van der Waals surface area contributed by atoms with E-state index in [4.69, 9.17) is 9.47 Å². The fourth-order valence-corrected chi connectivity index (χ4v) is 5.95. The van der Waals surface area contributed by atoms with Crippen LogP contribution in [0.15, 0.2) is 78.4 Å². The molecule has 0 N–H and O–H groups in total. The molecule has 0 atom stereocenters. The van der Waals surface area contributed by atoms with E-state index in [-0.39, 0.29) is 10.8 Å². The van der Waals surface area contributed by atoms with Crippen LogP contribution >= 0.6 is 0 Å². The number of fused-ring (bicyclic) bond motifs is 5. The number of aldehydes is 1. The lowest BCUT2D eigenvalue weighted by Gasteiger charge is -2.36. The topological polar surface area (TPSA) is 35.5 Å². The second kappa shape index (κ2) is 10.4. The Hall–Kier alpha value is -3.43. The van der Waals surface area contributed by atoms with Gasteiger partial charge < -0.3 is 9.47 Å². The van der Waals surface area contributed by atoms with E-state index in [1.54, 1.807) is 12.7 Å². The van der Waals surface area contributed by atoms with E-state index in [1.165, 1.54) is 51.4 Å². The largest absolute Gasteiger partial charge is 0.468 e. The van der Waals surface area contributed by atoms with Crippen LogP contribution in [0, 0.1) is 0 Å². The average Bonchev–Trinajstić information content (AvgIpc) is 2.94. The smallest absolute Gasteiger partial charge is 0.188 e. The van der Waals surface area contributed by atoms with Crippen LogP contribution in [0.1, 0.15) is 79.6 Å². The first-order valence-electron chi connectivity index (χ1n) is 13.6. The van der Waals surface area contributed by atoms with Crippen LogP contribution in [0.4, 0.5) is 0 Å². The zero-order chi connectivity index (χ0) is 26.9. The molecular weight excluding hydrogens is 468 g/mol. The van der Waals surface area contributed by atoms with Gasteiger partial charge in [0.25, 0.3) is 0 Å². The number of hydrogen-bond acceptors (Lipinski definition) is 3.